The normalized spacial score (nSPS) is 12.4. The van der Waals surface area contributed by atoms with Gasteiger partial charge < -0.3 is 3.07 Å². The molecule has 9 nitrogen and oxygen atoms in total. The molecule has 0 bridgehead atoms. The molecule has 0 amide bonds. The highest BCUT2D eigenvalue weighted by Crippen LogP contribution is 2.28. The van der Waals surface area contributed by atoms with Crippen molar-refractivity contribution in [2.24, 2.45) is 7.05 Å². The van der Waals surface area contributed by atoms with E-state index in [9.17, 15) is 4.79 Å². The highest BCUT2D eigenvalue weighted by Gasteiger charge is 2.18. The predicted molar refractivity (Wildman–Crippen MR) is 112 cm³/mol. The zero-order valence-electron chi connectivity index (χ0n) is 15.2. The number of halogens is 1. The second-order valence-electron chi connectivity index (χ2n) is 6.32. The zero-order valence-corrected chi connectivity index (χ0v) is 17.3. The Hall–Kier alpha value is -2.73. The van der Waals surface area contributed by atoms with Crippen molar-refractivity contribution in [1.29, 1.82) is 0 Å². The van der Waals surface area contributed by atoms with Gasteiger partial charge in [-0.15, -0.1) is 5.10 Å². The molecule has 0 aliphatic rings. The van der Waals surface area contributed by atoms with Crippen molar-refractivity contribution in [1.82, 2.24) is 34.5 Å². The van der Waals surface area contributed by atoms with Crippen molar-refractivity contribution in [2.45, 2.75) is 13.0 Å². The molecule has 0 saturated carbocycles. The number of hydrogen-bond acceptors (Lipinski definition) is 7. The van der Waals surface area contributed by atoms with Gasteiger partial charge in [-0.25, -0.2) is 14.6 Å². The van der Waals surface area contributed by atoms with Gasteiger partial charge in [-0.05, 0) is 25.1 Å². The fourth-order valence-electron chi connectivity index (χ4n) is 2.99. The first kappa shape index (κ1) is 18.6. The third-order valence-electron chi connectivity index (χ3n) is 4.46. The van der Waals surface area contributed by atoms with Crippen molar-refractivity contribution in [2.75, 3.05) is 6.61 Å². The van der Waals surface area contributed by atoms with E-state index in [2.05, 4.69) is 20.3 Å². The Morgan fingerprint density at radius 1 is 1.32 bits per heavy atom. The first-order valence-electron chi connectivity index (χ1n) is 8.51. The molecule has 0 aromatic carbocycles. The van der Waals surface area contributed by atoms with E-state index >= 15 is 0 Å². The van der Waals surface area contributed by atoms with E-state index in [1.54, 1.807) is 41.0 Å². The van der Waals surface area contributed by atoms with Crippen LogP contribution in [0, 0.1) is 0 Å². The lowest BCUT2D eigenvalue weighted by Crippen LogP contribution is -2.26. The summed E-state index contributed by atoms with van der Waals surface area (Å²) < 4.78 is 8.34. The van der Waals surface area contributed by atoms with E-state index in [1.807, 2.05) is 42.1 Å². The van der Waals surface area contributed by atoms with Crippen molar-refractivity contribution < 1.29 is 3.07 Å². The van der Waals surface area contributed by atoms with Crippen molar-refractivity contribution in [3.63, 3.8) is 0 Å². The number of hydrogen-bond donors (Lipinski definition) is 0. The van der Waals surface area contributed by atoms with Gasteiger partial charge in [0.25, 0.3) is 5.56 Å². The maximum absolute atomic E-state index is 13.2. The lowest BCUT2D eigenvalue weighted by molar-refractivity contribution is 0.331. The summed E-state index contributed by atoms with van der Waals surface area (Å²) in [5.74, 6) is 0. The molecule has 4 rings (SSSR count). The molecule has 0 unspecified atom stereocenters. The van der Waals surface area contributed by atoms with Gasteiger partial charge in [-0.1, -0.05) is 5.21 Å². The second kappa shape index (κ2) is 7.72. The zero-order chi connectivity index (χ0) is 19.7. The number of aryl methyl sites for hydroxylation is 1. The summed E-state index contributed by atoms with van der Waals surface area (Å²) in [4.78, 5) is 26.7. The van der Waals surface area contributed by atoms with Crippen LogP contribution in [0.5, 0.6) is 0 Å². The molecule has 0 fully saturated rings. The lowest BCUT2D eigenvalue weighted by atomic mass is 10.1. The van der Waals surface area contributed by atoms with Crippen LogP contribution in [0.15, 0.2) is 47.9 Å². The molecule has 0 saturated heterocycles. The molecule has 0 N–H and O–H groups in total. The monoisotopic (exact) mass is 489 g/mol. The SMILES string of the molecule is C[C@@H](COI)n1cnc2c(-c3cccnc3)nc(-c3cnnn3C)cc2c1=O. The van der Waals surface area contributed by atoms with Crippen LogP contribution in [-0.2, 0) is 10.1 Å². The van der Waals surface area contributed by atoms with Crippen molar-refractivity contribution in [3.8, 4) is 22.6 Å². The minimum absolute atomic E-state index is 0.155. The van der Waals surface area contributed by atoms with Crippen LogP contribution in [0.1, 0.15) is 13.0 Å². The van der Waals surface area contributed by atoms with Gasteiger partial charge in [0.2, 0.25) is 0 Å². The third kappa shape index (κ3) is 3.29. The van der Waals surface area contributed by atoms with E-state index < -0.39 is 0 Å². The average Bonchev–Trinajstić information content (AvgIpc) is 3.14. The number of pyridine rings is 2. The Bertz CT molecular complexity index is 1190. The highest BCUT2D eigenvalue weighted by molar-refractivity contribution is 14.1. The smallest absolute Gasteiger partial charge is 0.261 e. The van der Waals surface area contributed by atoms with E-state index in [1.165, 1.54) is 6.33 Å². The minimum Gasteiger partial charge on any atom is -0.314 e. The van der Waals surface area contributed by atoms with E-state index in [4.69, 9.17) is 8.05 Å². The molecule has 10 heteroatoms. The third-order valence-corrected chi connectivity index (χ3v) is 4.82. The number of nitrogens with zero attached hydrogens (tertiary/aromatic N) is 7. The van der Waals surface area contributed by atoms with Crippen LogP contribution in [0.4, 0.5) is 0 Å². The molecule has 1 atom stereocenters. The summed E-state index contributed by atoms with van der Waals surface area (Å²) in [6, 6.07) is 5.29. The van der Waals surface area contributed by atoms with Crippen LogP contribution in [0.2, 0.25) is 0 Å². The summed E-state index contributed by atoms with van der Waals surface area (Å²) in [5, 5.41) is 8.35. The van der Waals surface area contributed by atoms with Gasteiger partial charge in [0.1, 0.15) is 34.2 Å². The quantitative estimate of drug-likeness (QED) is 0.398. The summed E-state index contributed by atoms with van der Waals surface area (Å²) >= 11 is 1.82. The average molecular weight is 489 g/mol. The number of fused-ring (bicyclic) bond motifs is 1. The molecule has 0 aliphatic carbocycles. The van der Waals surface area contributed by atoms with Crippen molar-refractivity contribution in [3.05, 3.63) is 53.5 Å². The Balaban J connectivity index is 2.03. The second-order valence-corrected chi connectivity index (χ2v) is 6.94. The fraction of sp³-hybridized carbons (Fsp3) is 0.222. The van der Waals surface area contributed by atoms with E-state index in [0.717, 1.165) is 5.56 Å². The summed E-state index contributed by atoms with van der Waals surface area (Å²) in [5.41, 5.74) is 3.02. The number of aromatic nitrogens is 7. The topological polar surface area (TPSA) is 101 Å². The molecular formula is C18H16IN7O2. The van der Waals surface area contributed by atoms with Crippen LogP contribution < -0.4 is 5.56 Å². The van der Waals surface area contributed by atoms with Gasteiger partial charge >= 0.3 is 0 Å². The van der Waals surface area contributed by atoms with Gasteiger partial charge in [-0.2, -0.15) is 0 Å². The van der Waals surface area contributed by atoms with E-state index in [0.29, 0.717) is 34.6 Å². The Kier molecular flexibility index (Phi) is 5.13. The molecule has 4 aromatic rings. The standard InChI is InChI=1S/C18H16IN7O2/c1-11(9-28-19)26-10-21-17-13(18(26)27)6-14(15-8-22-24-25(15)2)23-16(17)12-4-3-5-20-7-12/h3-8,10-11H,9H2,1-2H3/t11-/m0/s1. The minimum atomic E-state index is -0.158. The lowest BCUT2D eigenvalue weighted by Gasteiger charge is -2.15. The molecule has 0 aliphatic heterocycles. The van der Waals surface area contributed by atoms with Gasteiger partial charge in [0.15, 0.2) is 0 Å². The highest BCUT2D eigenvalue weighted by atomic mass is 127. The Morgan fingerprint density at radius 2 is 2.18 bits per heavy atom. The largest absolute Gasteiger partial charge is 0.314 e. The molecule has 142 valence electrons. The van der Waals surface area contributed by atoms with Crippen LogP contribution >= 0.6 is 23.0 Å². The van der Waals surface area contributed by atoms with Crippen LogP contribution in [0.3, 0.4) is 0 Å². The molecule has 0 spiro atoms. The number of rotatable bonds is 5. The fourth-order valence-corrected chi connectivity index (χ4v) is 3.51. The molecule has 4 aromatic heterocycles. The summed E-state index contributed by atoms with van der Waals surface area (Å²) in [6.07, 6.45) is 6.54. The maximum Gasteiger partial charge on any atom is 0.261 e. The Morgan fingerprint density at radius 3 is 2.86 bits per heavy atom. The summed E-state index contributed by atoms with van der Waals surface area (Å²) in [7, 11) is 1.78. The van der Waals surface area contributed by atoms with Gasteiger partial charge in [-0.3, -0.25) is 14.3 Å². The molecular weight excluding hydrogens is 473 g/mol. The molecule has 0 radical (unpaired) electrons. The predicted octanol–water partition coefficient (Wildman–Crippen LogP) is 2.58. The first-order chi connectivity index (χ1) is 13.6. The van der Waals surface area contributed by atoms with Gasteiger partial charge in [0.05, 0.1) is 41.9 Å². The summed E-state index contributed by atoms with van der Waals surface area (Å²) in [6.45, 7) is 2.30. The molecule has 4 heterocycles. The maximum atomic E-state index is 13.2. The van der Waals surface area contributed by atoms with Crippen LogP contribution in [-0.4, -0.2) is 41.1 Å². The molecule has 28 heavy (non-hydrogen) atoms. The van der Waals surface area contributed by atoms with Crippen LogP contribution in [0.25, 0.3) is 33.5 Å². The van der Waals surface area contributed by atoms with E-state index in [-0.39, 0.29) is 11.6 Å². The van der Waals surface area contributed by atoms with Gasteiger partial charge in [0, 0.05) is 25.0 Å². The van der Waals surface area contributed by atoms with Crippen molar-refractivity contribution >= 4 is 33.9 Å². The first-order valence-corrected chi connectivity index (χ1v) is 9.39. The Labute approximate surface area is 174 Å².